The smallest absolute Gasteiger partial charge is 0.223 e. The Hall–Kier alpha value is -1.79. The lowest BCUT2D eigenvalue weighted by molar-refractivity contribution is -0.138. The molecule has 4 nitrogen and oxygen atoms in total. The van der Waals surface area contributed by atoms with Gasteiger partial charge in [0, 0.05) is 37.0 Å². The van der Waals surface area contributed by atoms with Gasteiger partial charge in [-0.05, 0) is 37.5 Å². The average molecular weight is 359 g/mol. The minimum Gasteiger partial charge on any atom is -0.332 e. The normalized spacial score (nSPS) is 23.9. The number of carbonyl (C=O) groups is 1. The first-order valence-corrected chi connectivity index (χ1v) is 9.67. The van der Waals surface area contributed by atoms with Gasteiger partial charge in [0.25, 0.3) is 0 Å². The van der Waals surface area contributed by atoms with Crippen molar-refractivity contribution < 1.29 is 9.18 Å². The lowest BCUT2D eigenvalue weighted by atomic mass is 9.96. The Kier molecular flexibility index (Phi) is 4.56. The molecule has 0 spiro atoms. The maximum atomic E-state index is 13.1. The second-order valence-electron chi connectivity index (χ2n) is 6.94. The molecular formula is C19H22FN3OS. The second kappa shape index (κ2) is 6.84. The zero-order chi connectivity index (χ0) is 17.4. The summed E-state index contributed by atoms with van der Waals surface area (Å²) in [6, 6.07) is 7.40. The van der Waals surface area contributed by atoms with Crippen LogP contribution in [0.2, 0.25) is 0 Å². The number of hydrogen-bond acceptors (Lipinski definition) is 4. The molecular weight excluding hydrogens is 337 g/mol. The number of hydrogen-bond donors (Lipinski definition) is 0. The van der Waals surface area contributed by atoms with Crippen molar-refractivity contribution in [3.63, 3.8) is 0 Å². The van der Waals surface area contributed by atoms with E-state index in [2.05, 4.69) is 15.3 Å². The van der Waals surface area contributed by atoms with Crippen molar-refractivity contribution in [2.45, 2.75) is 51.4 Å². The van der Waals surface area contributed by atoms with E-state index in [1.165, 1.54) is 12.1 Å². The maximum absolute atomic E-state index is 13.1. The minimum atomic E-state index is -0.198. The summed E-state index contributed by atoms with van der Waals surface area (Å²) in [6.45, 7) is 4.41. The van der Waals surface area contributed by atoms with Gasteiger partial charge in [0.05, 0.1) is 17.2 Å². The number of aryl methyl sites for hydroxylation is 1. The van der Waals surface area contributed by atoms with Gasteiger partial charge in [-0.2, -0.15) is 0 Å². The van der Waals surface area contributed by atoms with E-state index in [0.717, 1.165) is 42.2 Å². The van der Waals surface area contributed by atoms with Crippen LogP contribution in [-0.4, -0.2) is 39.3 Å². The molecule has 25 heavy (non-hydrogen) atoms. The van der Waals surface area contributed by atoms with E-state index in [1.54, 1.807) is 11.3 Å². The Morgan fingerprint density at radius 1 is 1.20 bits per heavy atom. The molecule has 2 aromatic rings. The van der Waals surface area contributed by atoms with Crippen LogP contribution < -0.4 is 0 Å². The van der Waals surface area contributed by atoms with E-state index in [4.69, 9.17) is 0 Å². The third kappa shape index (κ3) is 3.46. The number of aromatic nitrogens is 1. The van der Waals surface area contributed by atoms with Crippen LogP contribution in [0.1, 0.15) is 35.5 Å². The predicted octanol–water partition coefficient (Wildman–Crippen LogP) is 3.36. The van der Waals surface area contributed by atoms with Gasteiger partial charge < -0.3 is 4.90 Å². The highest BCUT2D eigenvalue weighted by Crippen LogP contribution is 2.33. The van der Waals surface area contributed by atoms with Crippen molar-refractivity contribution in [3.05, 3.63) is 51.7 Å². The monoisotopic (exact) mass is 359 g/mol. The Bertz CT molecular complexity index is 760. The number of likely N-dealkylation sites (tertiary alicyclic amines) is 2. The summed E-state index contributed by atoms with van der Waals surface area (Å²) < 4.78 is 13.1. The van der Waals surface area contributed by atoms with Crippen LogP contribution in [0.15, 0.2) is 29.6 Å². The van der Waals surface area contributed by atoms with Crippen LogP contribution in [0.5, 0.6) is 0 Å². The van der Waals surface area contributed by atoms with E-state index in [0.29, 0.717) is 19.0 Å². The predicted molar refractivity (Wildman–Crippen MR) is 95.6 cm³/mol. The molecule has 0 N–H and O–H groups in total. The van der Waals surface area contributed by atoms with Crippen molar-refractivity contribution in [2.75, 3.05) is 6.54 Å². The number of carbonyl (C=O) groups excluding carboxylic acids is 1. The highest BCUT2D eigenvalue weighted by Gasteiger charge is 2.42. The van der Waals surface area contributed by atoms with Crippen LogP contribution >= 0.6 is 11.3 Å². The average Bonchev–Trinajstić information content (AvgIpc) is 3.19. The standard InChI is InChI=1S/C19H22FN3OS/c1-13-21-16(12-25-13)11-23-18-8-9-22(17(18)6-7-19(23)24)10-14-2-4-15(20)5-3-14/h2-5,12,17-18H,6-11H2,1H3/t17-,18-/m1/s1. The Morgan fingerprint density at radius 2 is 2.00 bits per heavy atom. The molecule has 0 unspecified atom stereocenters. The van der Waals surface area contributed by atoms with E-state index < -0.39 is 0 Å². The SMILES string of the molecule is Cc1nc(CN2C(=O)CC[C@@H]3[C@H]2CCN3Cc2ccc(F)cc2)cs1. The van der Waals surface area contributed by atoms with Gasteiger partial charge in [-0.3, -0.25) is 9.69 Å². The number of benzene rings is 1. The summed E-state index contributed by atoms with van der Waals surface area (Å²) in [5, 5.41) is 3.10. The lowest BCUT2D eigenvalue weighted by Gasteiger charge is -2.39. The van der Waals surface area contributed by atoms with Crippen molar-refractivity contribution in [1.82, 2.24) is 14.8 Å². The summed E-state index contributed by atoms with van der Waals surface area (Å²) >= 11 is 1.63. The van der Waals surface area contributed by atoms with Crippen LogP contribution in [-0.2, 0) is 17.9 Å². The summed E-state index contributed by atoms with van der Waals surface area (Å²) in [5.41, 5.74) is 2.12. The fraction of sp³-hybridized carbons (Fsp3) is 0.474. The quantitative estimate of drug-likeness (QED) is 0.840. The molecule has 0 aliphatic carbocycles. The molecule has 3 heterocycles. The van der Waals surface area contributed by atoms with Gasteiger partial charge >= 0.3 is 0 Å². The molecule has 2 atom stereocenters. The number of piperidine rings is 1. The van der Waals surface area contributed by atoms with Crippen molar-refractivity contribution in [2.24, 2.45) is 0 Å². The van der Waals surface area contributed by atoms with E-state index in [9.17, 15) is 9.18 Å². The fourth-order valence-corrected chi connectivity index (χ4v) is 4.72. The van der Waals surface area contributed by atoms with Crippen LogP contribution in [0.25, 0.3) is 0 Å². The van der Waals surface area contributed by atoms with Crippen LogP contribution in [0, 0.1) is 12.7 Å². The summed E-state index contributed by atoms with van der Waals surface area (Å²) in [4.78, 5) is 21.5. The molecule has 2 aliphatic heterocycles. The van der Waals surface area contributed by atoms with Gasteiger partial charge in [0.2, 0.25) is 5.91 Å². The van der Waals surface area contributed by atoms with Gasteiger partial charge in [-0.15, -0.1) is 11.3 Å². The topological polar surface area (TPSA) is 36.4 Å². The highest BCUT2D eigenvalue weighted by molar-refractivity contribution is 7.09. The van der Waals surface area contributed by atoms with Gasteiger partial charge in [-0.1, -0.05) is 12.1 Å². The Balaban J connectivity index is 1.47. The molecule has 2 aliphatic rings. The van der Waals surface area contributed by atoms with Gasteiger partial charge in [0.1, 0.15) is 5.82 Å². The van der Waals surface area contributed by atoms with E-state index in [1.807, 2.05) is 24.0 Å². The number of fused-ring (bicyclic) bond motifs is 1. The lowest BCUT2D eigenvalue weighted by Crippen LogP contribution is -2.51. The van der Waals surface area contributed by atoms with Crippen LogP contribution in [0.3, 0.4) is 0 Å². The number of rotatable bonds is 4. The number of halogens is 1. The summed E-state index contributed by atoms with van der Waals surface area (Å²) in [6.07, 6.45) is 2.52. The van der Waals surface area contributed by atoms with Gasteiger partial charge in [0.15, 0.2) is 0 Å². The van der Waals surface area contributed by atoms with Crippen molar-refractivity contribution >= 4 is 17.2 Å². The maximum Gasteiger partial charge on any atom is 0.223 e. The minimum absolute atomic E-state index is 0.198. The van der Waals surface area contributed by atoms with E-state index >= 15 is 0 Å². The van der Waals surface area contributed by atoms with Gasteiger partial charge in [-0.25, -0.2) is 9.37 Å². The number of nitrogens with zero attached hydrogens (tertiary/aromatic N) is 3. The van der Waals surface area contributed by atoms with Crippen LogP contribution in [0.4, 0.5) is 4.39 Å². The number of thiazole rings is 1. The first kappa shape index (κ1) is 16.7. The molecule has 2 fully saturated rings. The fourth-order valence-electron chi connectivity index (χ4n) is 4.12. The van der Waals surface area contributed by atoms with Crippen molar-refractivity contribution in [3.8, 4) is 0 Å². The summed E-state index contributed by atoms with van der Waals surface area (Å²) in [5.74, 6) is 0.0478. The Morgan fingerprint density at radius 3 is 2.72 bits per heavy atom. The third-order valence-electron chi connectivity index (χ3n) is 5.30. The van der Waals surface area contributed by atoms with Crippen molar-refractivity contribution in [1.29, 1.82) is 0 Å². The molecule has 0 bridgehead atoms. The van der Waals surface area contributed by atoms with E-state index in [-0.39, 0.29) is 17.8 Å². The Labute approximate surface area is 151 Å². The first-order chi connectivity index (χ1) is 12.1. The second-order valence-corrected chi connectivity index (χ2v) is 8.00. The molecule has 1 amide bonds. The largest absolute Gasteiger partial charge is 0.332 e. The molecule has 132 valence electrons. The molecule has 2 saturated heterocycles. The zero-order valence-electron chi connectivity index (χ0n) is 14.3. The molecule has 1 aromatic heterocycles. The number of amides is 1. The molecule has 4 rings (SSSR count). The highest BCUT2D eigenvalue weighted by atomic mass is 32.1. The first-order valence-electron chi connectivity index (χ1n) is 8.79. The molecule has 0 radical (unpaired) electrons. The molecule has 6 heteroatoms. The zero-order valence-corrected chi connectivity index (χ0v) is 15.1. The summed E-state index contributed by atoms with van der Waals surface area (Å²) in [7, 11) is 0. The third-order valence-corrected chi connectivity index (χ3v) is 6.12. The molecule has 1 aromatic carbocycles. The molecule has 0 saturated carbocycles.